The molecule has 0 atom stereocenters. The fraction of sp³-hybridized carbons (Fsp3) is 0.300. The third kappa shape index (κ3) is 3.53. The van der Waals surface area contributed by atoms with E-state index in [4.69, 9.17) is 4.42 Å². The molecular weight excluding hydrogens is 360 g/mol. The van der Waals surface area contributed by atoms with Gasteiger partial charge in [0.15, 0.2) is 11.5 Å². The first kappa shape index (κ1) is 18.0. The predicted molar refractivity (Wildman–Crippen MR) is 102 cm³/mol. The van der Waals surface area contributed by atoms with Crippen molar-refractivity contribution in [3.8, 4) is 0 Å². The molecule has 144 valence electrons. The summed E-state index contributed by atoms with van der Waals surface area (Å²) in [6, 6.07) is 7.05. The van der Waals surface area contributed by atoms with Gasteiger partial charge in [-0.1, -0.05) is 12.1 Å². The summed E-state index contributed by atoms with van der Waals surface area (Å²) < 4.78 is 5.63. The second kappa shape index (κ2) is 6.95. The van der Waals surface area contributed by atoms with Crippen molar-refractivity contribution in [2.75, 3.05) is 7.05 Å². The number of nitrogens with zero attached hydrogens (tertiary/aromatic N) is 2. The maximum absolute atomic E-state index is 12.8. The molecule has 28 heavy (non-hydrogen) atoms. The van der Waals surface area contributed by atoms with Crippen molar-refractivity contribution in [3.63, 3.8) is 0 Å². The van der Waals surface area contributed by atoms with Crippen LogP contribution >= 0.6 is 0 Å². The molecule has 1 aliphatic carbocycles. The molecule has 0 radical (unpaired) electrons. The monoisotopic (exact) mass is 380 g/mol. The van der Waals surface area contributed by atoms with Crippen LogP contribution in [0.5, 0.6) is 0 Å². The van der Waals surface area contributed by atoms with Gasteiger partial charge in [-0.25, -0.2) is 4.98 Å². The maximum atomic E-state index is 12.8. The number of nitrogens with one attached hydrogen (secondary N) is 2. The number of hydrogen-bond donors (Lipinski definition) is 2. The van der Waals surface area contributed by atoms with Gasteiger partial charge in [0.25, 0.3) is 17.4 Å². The van der Waals surface area contributed by atoms with Crippen LogP contribution in [-0.2, 0) is 6.54 Å². The summed E-state index contributed by atoms with van der Waals surface area (Å²) in [7, 11) is 1.60. The molecule has 1 fully saturated rings. The Hall–Kier alpha value is -3.42. The van der Waals surface area contributed by atoms with E-state index in [2.05, 4.69) is 15.3 Å². The van der Waals surface area contributed by atoms with Gasteiger partial charge in [-0.15, -0.1) is 0 Å². The lowest BCUT2D eigenvalue weighted by atomic mass is 10.1. The molecule has 4 rings (SSSR count). The average Bonchev–Trinajstić information content (AvgIpc) is 3.39. The van der Waals surface area contributed by atoms with Crippen LogP contribution in [-0.4, -0.2) is 39.8 Å². The highest BCUT2D eigenvalue weighted by Crippen LogP contribution is 2.21. The van der Waals surface area contributed by atoms with Crippen LogP contribution in [0.3, 0.4) is 0 Å². The topological polar surface area (TPSA) is 108 Å². The molecule has 1 aromatic carbocycles. The van der Waals surface area contributed by atoms with Crippen molar-refractivity contribution in [1.29, 1.82) is 0 Å². The van der Waals surface area contributed by atoms with Crippen LogP contribution in [0.2, 0.25) is 0 Å². The Morgan fingerprint density at radius 1 is 1.36 bits per heavy atom. The molecule has 0 aliphatic heterocycles. The number of fused-ring (bicyclic) bond motifs is 1. The Morgan fingerprint density at radius 3 is 2.89 bits per heavy atom. The second-order valence-electron chi connectivity index (χ2n) is 7.04. The highest BCUT2D eigenvalue weighted by atomic mass is 16.3. The summed E-state index contributed by atoms with van der Waals surface area (Å²) in [5.41, 5.74) is 1.77. The first-order chi connectivity index (χ1) is 13.4. The van der Waals surface area contributed by atoms with Gasteiger partial charge in [0, 0.05) is 38.3 Å². The molecule has 0 saturated heterocycles. The van der Waals surface area contributed by atoms with E-state index in [-0.39, 0.29) is 29.6 Å². The van der Waals surface area contributed by atoms with E-state index < -0.39 is 11.5 Å². The van der Waals surface area contributed by atoms with Crippen molar-refractivity contribution in [3.05, 3.63) is 63.4 Å². The minimum absolute atomic E-state index is 0.0770. The fourth-order valence-electron chi connectivity index (χ4n) is 3.04. The number of aromatic amines is 1. The molecule has 2 aromatic heterocycles. The predicted octanol–water partition coefficient (Wildman–Crippen LogP) is 1.99. The van der Waals surface area contributed by atoms with E-state index in [0.717, 1.165) is 18.4 Å². The summed E-state index contributed by atoms with van der Waals surface area (Å²) in [6.07, 6.45) is 3.24. The number of carbonyl (C=O) groups excluding carboxylic acids is 2. The molecule has 2 amide bonds. The number of carbonyl (C=O) groups is 2. The lowest BCUT2D eigenvalue weighted by molar-refractivity contribution is 0.0783. The van der Waals surface area contributed by atoms with Crippen LogP contribution in [0.1, 0.15) is 45.0 Å². The molecule has 8 nitrogen and oxygen atoms in total. The van der Waals surface area contributed by atoms with Crippen LogP contribution in [0.25, 0.3) is 11.1 Å². The highest BCUT2D eigenvalue weighted by Gasteiger charge is 2.25. The van der Waals surface area contributed by atoms with Gasteiger partial charge in [0.05, 0.1) is 5.56 Å². The molecule has 0 spiro atoms. The number of amides is 2. The maximum Gasteiger partial charge on any atom is 0.260 e. The number of oxazole rings is 1. The average molecular weight is 380 g/mol. The number of hydrogen-bond acceptors (Lipinski definition) is 5. The normalized spacial score (nSPS) is 13.5. The van der Waals surface area contributed by atoms with Gasteiger partial charge >= 0.3 is 0 Å². The van der Waals surface area contributed by atoms with Gasteiger partial charge in [0.2, 0.25) is 0 Å². The standard InChI is InChI=1S/C20H20N4O4/c1-11-22-16-5-3-4-12(17(16)28-11)10-24(2)20(27)15-8-13(9-21-19(15)26)18(25)23-14-6-7-14/h3-5,8-9,14H,6-7,10H2,1-2H3,(H,21,26)(H,23,25). The molecule has 2 N–H and O–H groups in total. The molecular formula is C20H20N4O4. The van der Waals surface area contributed by atoms with Crippen LogP contribution in [0, 0.1) is 6.92 Å². The minimum Gasteiger partial charge on any atom is -0.441 e. The molecule has 1 aliphatic rings. The van der Waals surface area contributed by atoms with Gasteiger partial charge in [0.1, 0.15) is 11.1 Å². The van der Waals surface area contributed by atoms with Crippen molar-refractivity contribution < 1.29 is 14.0 Å². The summed E-state index contributed by atoms with van der Waals surface area (Å²) in [5, 5.41) is 2.84. The third-order valence-electron chi connectivity index (χ3n) is 4.67. The highest BCUT2D eigenvalue weighted by molar-refractivity contribution is 5.99. The first-order valence-corrected chi connectivity index (χ1v) is 9.06. The molecule has 0 unspecified atom stereocenters. The Kier molecular flexibility index (Phi) is 4.46. The van der Waals surface area contributed by atoms with Gasteiger partial charge in [-0.3, -0.25) is 14.4 Å². The Balaban J connectivity index is 1.57. The van der Waals surface area contributed by atoms with Crippen molar-refractivity contribution in [2.24, 2.45) is 0 Å². The largest absolute Gasteiger partial charge is 0.441 e. The number of aryl methyl sites for hydroxylation is 1. The fourth-order valence-corrected chi connectivity index (χ4v) is 3.04. The number of para-hydroxylation sites is 1. The molecule has 8 heteroatoms. The lowest BCUT2D eigenvalue weighted by Crippen LogP contribution is -2.33. The van der Waals surface area contributed by atoms with Crippen molar-refractivity contribution in [1.82, 2.24) is 20.2 Å². The van der Waals surface area contributed by atoms with Crippen molar-refractivity contribution >= 4 is 22.9 Å². The zero-order valence-corrected chi connectivity index (χ0v) is 15.6. The quantitative estimate of drug-likeness (QED) is 0.704. The summed E-state index contributed by atoms with van der Waals surface area (Å²) >= 11 is 0. The Labute approximate surface area is 160 Å². The molecule has 3 aromatic rings. The summed E-state index contributed by atoms with van der Waals surface area (Å²) in [4.78, 5) is 45.4. The number of H-pyrrole nitrogens is 1. The summed E-state index contributed by atoms with van der Waals surface area (Å²) in [5.74, 6) is -0.227. The van der Waals surface area contributed by atoms with E-state index in [1.807, 2.05) is 18.2 Å². The number of pyridine rings is 1. The number of rotatable bonds is 5. The third-order valence-corrected chi connectivity index (χ3v) is 4.67. The first-order valence-electron chi connectivity index (χ1n) is 9.06. The van der Waals surface area contributed by atoms with Crippen LogP contribution < -0.4 is 10.9 Å². The zero-order chi connectivity index (χ0) is 19.8. The molecule has 1 saturated carbocycles. The van der Waals surface area contributed by atoms with Gasteiger partial charge < -0.3 is 19.6 Å². The van der Waals surface area contributed by atoms with Gasteiger partial charge in [-0.05, 0) is 25.0 Å². The molecule has 0 bridgehead atoms. The zero-order valence-electron chi connectivity index (χ0n) is 15.6. The van der Waals surface area contributed by atoms with Crippen LogP contribution in [0.15, 0.2) is 39.7 Å². The molecule has 2 heterocycles. The van der Waals surface area contributed by atoms with Crippen LogP contribution in [0.4, 0.5) is 0 Å². The van der Waals surface area contributed by atoms with Gasteiger partial charge in [-0.2, -0.15) is 0 Å². The second-order valence-corrected chi connectivity index (χ2v) is 7.04. The van der Waals surface area contributed by atoms with Crippen molar-refractivity contribution in [2.45, 2.75) is 32.4 Å². The minimum atomic E-state index is -0.534. The van der Waals surface area contributed by atoms with E-state index in [9.17, 15) is 14.4 Å². The summed E-state index contributed by atoms with van der Waals surface area (Å²) in [6.45, 7) is 2.00. The number of aromatic nitrogens is 2. The van der Waals surface area contributed by atoms with E-state index in [1.165, 1.54) is 17.2 Å². The Morgan fingerprint density at radius 2 is 2.14 bits per heavy atom. The van der Waals surface area contributed by atoms with E-state index in [1.54, 1.807) is 14.0 Å². The number of benzene rings is 1. The SMILES string of the molecule is Cc1nc2cccc(CN(C)C(=O)c3cc(C(=O)NC4CC4)c[nH]c3=O)c2o1. The van der Waals surface area contributed by atoms with E-state index in [0.29, 0.717) is 17.0 Å². The lowest BCUT2D eigenvalue weighted by Gasteiger charge is -2.17. The smallest absolute Gasteiger partial charge is 0.260 e. The Bertz CT molecular complexity index is 1130. The van der Waals surface area contributed by atoms with E-state index >= 15 is 0 Å².